The highest BCUT2D eigenvalue weighted by atomic mass is 32.2. The van der Waals surface area contributed by atoms with Crippen LogP contribution in [0.25, 0.3) is 0 Å². The molecule has 1 heterocycles. The third-order valence-electron chi connectivity index (χ3n) is 4.09. The van der Waals surface area contributed by atoms with Crippen molar-refractivity contribution in [3.8, 4) is 0 Å². The maximum absolute atomic E-state index is 11.4. The lowest BCUT2D eigenvalue weighted by molar-refractivity contribution is 0.132. The zero-order valence-electron chi connectivity index (χ0n) is 9.06. The van der Waals surface area contributed by atoms with Gasteiger partial charge in [0.05, 0.1) is 11.5 Å². The summed E-state index contributed by atoms with van der Waals surface area (Å²) >= 11 is 0. The predicted octanol–water partition coefficient (Wildman–Crippen LogP) is 1.22. The Labute approximate surface area is 91.8 Å². The minimum atomic E-state index is -2.79. The Morgan fingerprint density at radius 2 is 1.80 bits per heavy atom. The van der Waals surface area contributed by atoms with Gasteiger partial charge >= 0.3 is 0 Å². The molecule has 0 radical (unpaired) electrons. The van der Waals surface area contributed by atoms with Gasteiger partial charge in [-0.15, -0.1) is 0 Å². The van der Waals surface area contributed by atoms with E-state index in [1.165, 1.54) is 25.7 Å². The first-order valence-corrected chi connectivity index (χ1v) is 7.76. The normalized spacial score (nSPS) is 33.3. The predicted molar refractivity (Wildman–Crippen MR) is 59.3 cm³/mol. The molecule has 0 aromatic carbocycles. The molecule has 0 aromatic heterocycles. The average molecular weight is 232 g/mol. The maximum atomic E-state index is 11.4. The second-order valence-electron chi connectivity index (χ2n) is 5.05. The van der Waals surface area contributed by atoms with Crippen molar-refractivity contribution in [3.05, 3.63) is 0 Å². The van der Waals surface area contributed by atoms with Crippen LogP contribution >= 0.6 is 0 Å². The molecule has 2 atom stereocenters. The Balaban J connectivity index is 2.01. The van der Waals surface area contributed by atoms with Gasteiger partial charge in [0.15, 0.2) is 9.84 Å². The van der Waals surface area contributed by atoms with Gasteiger partial charge in [-0.05, 0) is 24.2 Å². The largest absolute Gasteiger partial charge is 0.396 e. The van der Waals surface area contributed by atoms with Crippen LogP contribution in [0.15, 0.2) is 0 Å². The van der Waals surface area contributed by atoms with Crippen molar-refractivity contribution >= 4 is 9.84 Å². The molecule has 4 heteroatoms. The summed E-state index contributed by atoms with van der Waals surface area (Å²) in [7, 11) is -2.79. The van der Waals surface area contributed by atoms with Crippen molar-refractivity contribution in [2.45, 2.75) is 32.1 Å². The summed E-state index contributed by atoms with van der Waals surface area (Å²) in [6.45, 7) is 0.171. The molecule has 0 bridgehead atoms. The van der Waals surface area contributed by atoms with E-state index in [1.54, 1.807) is 0 Å². The highest BCUT2D eigenvalue weighted by Crippen LogP contribution is 2.38. The molecular weight excluding hydrogens is 212 g/mol. The van der Waals surface area contributed by atoms with E-state index in [0.717, 1.165) is 6.42 Å². The summed E-state index contributed by atoms with van der Waals surface area (Å²) in [4.78, 5) is 0. The zero-order valence-corrected chi connectivity index (χ0v) is 9.88. The third-order valence-corrected chi connectivity index (χ3v) is 5.88. The van der Waals surface area contributed by atoms with Gasteiger partial charge < -0.3 is 5.11 Å². The summed E-state index contributed by atoms with van der Waals surface area (Å²) in [5.74, 6) is 1.69. The molecule has 1 saturated heterocycles. The molecule has 0 aromatic rings. The molecular formula is C11H20O3S. The first kappa shape index (κ1) is 11.4. The molecule has 1 N–H and O–H groups in total. The monoisotopic (exact) mass is 232 g/mol. The molecule has 2 aliphatic rings. The zero-order chi connectivity index (χ0) is 10.9. The van der Waals surface area contributed by atoms with Crippen LogP contribution in [0, 0.1) is 17.8 Å². The van der Waals surface area contributed by atoms with E-state index >= 15 is 0 Å². The van der Waals surface area contributed by atoms with Crippen LogP contribution in [0.4, 0.5) is 0 Å². The van der Waals surface area contributed by atoms with Crippen molar-refractivity contribution in [1.29, 1.82) is 0 Å². The summed E-state index contributed by atoms with van der Waals surface area (Å²) in [5, 5.41) is 9.42. The van der Waals surface area contributed by atoms with Crippen molar-refractivity contribution in [3.63, 3.8) is 0 Å². The lowest BCUT2D eigenvalue weighted by atomic mass is 9.81. The highest BCUT2D eigenvalue weighted by Gasteiger charge is 2.37. The minimum Gasteiger partial charge on any atom is -0.396 e. The fourth-order valence-corrected chi connectivity index (χ4v) is 5.12. The number of sulfone groups is 1. The van der Waals surface area contributed by atoms with Crippen molar-refractivity contribution in [2.24, 2.45) is 17.8 Å². The molecule has 3 nitrogen and oxygen atoms in total. The van der Waals surface area contributed by atoms with Gasteiger partial charge in [-0.2, -0.15) is 0 Å². The van der Waals surface area contributed by atoms with E-state index < -0.39 is 9.84 Å². The molecule has 2 rings (SSSR count). The number of hydrogen-bond donors (Lipinski definition) is 1. The molecule has 1 saturated carbocycles. The molecule has 0 spiro atoms. The van der Waals surface area contributed by atoms with Crippen LogP contribution in [0.5, 0.6) is 0 Å². The van der Waals surface area contributed by atoms with Gasteiger partial charge in [0.25, 0.3) is 0 Å². The molecule has 2 unspecified atom stereocenters. The topological polar surface area (TPSA) is 54.4 Å². The van der Waals surface area contributed by atoms with Crippen LogP contribution in [-0.4, -0.2) is 31.6 Å². The van der Waals surface area contributed by atoms with E-state index in [0.29, 0.717) is 17.4 Å². The van der Waals surface area contributed by atoms with Gasteiger partial charge in [-0.3, -0.25) is 0 Å². The van der Waals surface area contributed by atoms with Crippen molar-refractivity contribution in [2.75, 3.05) is 18.1 Å². The van der Waals surface area contributed by atoms with Crippen LogP contribution in [0.2, 0.25) is 0 Å². The smallest absolute Gasteiger partial charge is 0.150 e. The molecule has 0 amide bonds. The lowest BCUT2D eigenvalue weighted by Crippen LogP contribution is -2.26. The van der Waals surface area contributed by atoms with E-state index in [9.17, 15) is 13.5 Å². The summed E-state index contributed by atoms with van der Waals surface area (Å²) < 4.78 is 22.8. The Hall–Kier alpha value is -0.0900. The number of aliphatic hydroxyl groups is 1. The Bertz CT molecular complexity index is 304. The summed E-state index contributed by atoms with van der Waals surface area (Å²) in [6, 6.07) is 0. The van der Waals surface area contributed by atoms with Crippen LogP contribution < -0.4 is 0 Å². The minimum absolute atomic E-state index is 0.171. The first-order valence-electron chi connectivity index (χ1n) is 5.93. The second-order valence-corrected chi connectivity index (χ2v) is 7.28. The van der Waals surface area contributed by atoms with Crippen LogP contribution in [0.3, 0.4) is 0 Å². The quantitative estimate of drug-likeness (QED) is 0.796. The van der Waals surface area contributed by atoms with Crippen molar-refractivity contribution < 1.29 is 13.5 Å². The fourth-order valence-electron chi connectivity index (χ4n) is 3.23. The van der Waals surface area contributed by atoms with Gasteiger partial charge in [-0.25, -0.2) is 8.42 Å². The second kappa shape index (κ2) is 4.42. The SMILES string of the molecule is O=S1(=O)CCC(C(CO)C2CCCC2)C1. The highest BCUT2D eigenvalue weighted by molar-refractivity contribution is 7.91. The van der Waals surface area contributed by atoms with Crippen LogP contribution in [0.1, 0.15) is 32.1 Å². The van der Waals surface area contributed by atoms with Crippen LogP contribution in [-0.2, 0) is 9.84 Å². The van der Waals surface area contributed by atoms with E-state index in [4.69, 9.17) is 0 Å². The number of rotatable bonds is 3. The molecule has 88 valence electrons. The maximum Gasteiger partial charge on any atom is 0.150 e. The van der Waals surface area contributed by atoms with Gasteiger partial charge in [0, 0.05) is 6.61 Å². The molecule has 1 aliphatic heterocycles. The Morgan fingerprint density at radius 1 is 1.13 bits per heavy atom. The molecule has 15 heavy (non-hydrogen) atoms. The Morgan fingerprint density at radius 3 is 2.27 bits per heavy atom. The number of aliphatic hydroxyl groups excluding tert-OH is 1. The first-order chi connectivity index (χ1) is 7.12. The Kier molecular flexibility index (Phi) is 3.36. The molecule has 2 fully saturated rings. The van der Waals surface area contributed by atoms with E-state index in [2.05, 4.69) is 0 Å². The van der Waals surface area contributed by atoms with Gasteiger partial charge in [0.1, 0.15) is 0 Å². The summed E-state index contributed by atoms with van der Waals surface area (Å²) in [5.41, 5.74) is 0. The summed E-state index contributed by atoms with van der Waals surface area (Å²) in [6.07, 6.45) is 5.63. The third kappa shape index (κ3) is 2.53. The average Bonchev–Trinajstić information content (AvgIpc) is 2.77. The standard InChI is InChI=1S/C11H20O3S/c12-7-11(9-3-1-2-4-9)10-5-6-15(13,14)8-10/h9-12H,1-8H2. The molecule has 1 aliphatic carbocycles. The van der Waals surface area contributed by atoms with Gasteiger partial charge in [0.2, 0.25) is 0 Å². The van der Waals surface area contributed by atoms with E-state index in [1.807, 2.05) is 0 Å². The lowest BCUT2D eigenvalue weighted by Gasteiger charge is -2.26. The fraction of sp³-hybridized carbons (Fsp3) is 1.00. The van der Waals surface area contributed by atoms with Gasteiger partial charge in [-0.1, -0.05) is 25.7 Å². The van der Waals surface area contributed by atoms with E-state index in [-0.39, 0.29) is 18.4 Å². The number of hydrogen-bond acceptors (Lipinski definition) is 3. The van der Waals surface area contributed by atoms with Crippen molar-refractivity contribution in [1.82, 2.24) is 0 Å².